The standard InChI is InChI=1S/C36H53F3N6O5S.C3H8.4C2H6/c1-6-44(51-7-2)21-28(35(3,4)5)42-34(50)43-29(24-19-22-11-8-9-12-23(22)20-24)33(49)45-18-10-13-27(45)31(47)41-26(16-17-36(37,38)39)30(46)32(48)40-25-14-15-25;1-3-2;4*1-2/h8-9,11-12,24-29H,6-7,10,13-21H2,1-5H3,(H,40,48)(H,41,47)(H2,42,43,50);3H2,1-2H3;4*1-2H3. The molecule has 1 heterocycles. The number of likely N-dealkylation sites (tertiary alicyclic amines) is 1. The number of carbonyl (C=O) groups is 5. The van der Waals surface area contributed by atoms with Crippen molar-refractivity contribution in [3.05, 3.63) is 35.4 Å². The van der Waals surface area contributed by atoms with Crippen LogP contribution in [0.3, 0.4) is 0 Å². The Bertz CT molecular complexity index is 1410. The normalized spacial score (nSPS) is 16.8. The number of fused-ring (bicyclic) bond motifs is 1. The Hall–Kier alpha value is -3.33. The molecular formula is C47H85F3N6O5S. The lowest BCUT2D eigenvalue weighted by Crippen LogP contribution is -2.60. The topological polar surface area (TPSA) is 140 Å². The molecule has 0 aromatic heterocycles. The van der Waals surface area contributed by atoms with Gasteiger partial charge in [-0.05, 0) is 67.4 Å². The molecule has 15 heteroatoms. The van der Waals surface area contributed by atoms with Gasteiger partial charge in [0.25, 0.3) is 5.91 Å². The van der Waals surface area contributed by atoms with E-state index in [0.717, 1.165) is 23.4 Å². The largest absolute Gasteiger partial charge is 0.389 e. The van der Waals surface area contributed by atoms with Crippen LogP contribution < -0.4 is 21.3 Å². The van der Waals surface area contributed by atoms with E-state index in [-0.39, 0.29) is 36.4 Å². The first kappa shape index (κ1) is 60.8. The summed E-state index contributed by atoms with van der Waals surface area (Å²) in [5.74, 6) is -2.90. The minimum Gasteiger partial charge on any atom is -0.347 e. The van der Waals surface area contributed by atoms with Crippen molar-refractivity contribution in [2.45, 2.75) is 198 Å². The summed E-state index contributed by atoms with van der Waals surface area (Å²) in [5.41, 5.74) is 1.82. The molecule has 2 aliphatic carbocycles. The van der Waals surface area contributed by atoms with E-state index in [0.29, 0.717) is 38.6 Å². The van der Waals surface area contributed by atoms with Gasteiger partial charge in [0, 0.05) is 43.9 Å². The first-order chi connectivity index (χ1) is 29.4. The third-order valence-corrected chi connectivity index (χ3v) is 10.9. The minimum absolute atomic E-state index is 0.185. The summed E-state index contributed by atoms with van der Waals surface area (Å²) in [5, 5.41) is 10.9. The fourth-order valence-corrected chi connectivity index (χ4v) is 7.52. The Morgan fingerprint density at radius 3 is 1.81 bits per heavy atom. The summed E-state index contributed by atoms with van der Waals surface area (Å²) < 4.78 is 41.7. The minimum atomic E-state index is -4.61. The van der Waals surface area contributed by atoms with Gasteiger partial charge in [-0.3, -0.25) is 19.2 Å². The lowest BCUT2D eigenvalue weighted by atomic mass is 9.86. The van der Waals surface area contributed by atoms with Crippen molar-refractivity contribution in [1.29, 1.82) is 0 Å². The number of hydrogen-bond acceptors (Lipinski definition) is 7. The second-order valence-corrected chi connectivity index (χ2v) is 16.9. The van der Waals surface area contributed by atoms with E-state index in [1.807, 2.05) is 100 Å². The van der Waals surface area contributed by atoms with Crippen molar-refractivity contribution < 1.29 is 37.1 Å². The fraction of sp³-hybridized carbons (Fsp3) is 0.766. The van der Waals surface area contributed by atoms with Crippen LogP contribution >= 0.6 is 11.9 Å². The fourth-order valence-electron chi connectivity index (χ4n) is 6.72. The molecule has 1 aliphatic heterocycles. The summed E-state index contributed by atoms with van der Waals surface area (Å²) in [7, 11) is 0. The van der Waals surface area contributed by atoms with Crippen molar-refractivity contribution in [2.75, 3.05) is 25.4 Å². The predicted octanol–water partition coefficient (Wildman–Crippen LogP) is 9.66. The van der Waals surface area contributed by atoms with E-state index in [1.54, 1.807) is 11.9 Å². The summed E-state index contributed by atoms with van der Waals surface area (Å²) in [6.45, 7) is 32.0. The highest BCUT2D eigenvalue weighted by Crippen LogP contribution is 2.32. The number of nitrogens with one attached hydrogen (secondary N) is 4. The van der Waals surface area contributed by atoms with Gasteiger partial charge >= 0.3 is 12.2 Å². The van der Waals surface area contributed by atoms with Gasteiger partial charge in [-0.1, -0.05) is 146 Å². The maximum absolute atomic E-state index is 14.5. The van der Waals surface area contributed by atoms with Crippen LogP contribution in [-0.4, -0.2) is 101 Å². The highest BCUT2D eigenvalue weighted by molar-refractivity contribution is 7.96. The monoisotopic (exact) mass is 903 g/mol. The molecule has 4 rings (SSSR count). The Morgan fingerprint density at radius 2 is 1.35 bits per heavy atom. The van der Waals surface area contributed by atoms with Gasteiger partial charge < -0.3 is 26.2 Å². The van der Waals surface area contributed by atoms with E-state index >= 15 is 0 Å². The summed E-state index contributed by atoms with van der Waals surface area (Å²) in [6, 6.07) is 3.03. The zero-order valence-corrected chi connectivity index (χ0v) is 41.8. The Labute approximate surface area is 378 Å². The number of urea groups is 1. The Kier molecular flexibility index (Phi) is 31.7. The number of benzene rings is 1. The summed E-state index contributed by atoms with van der Waals surface area (Å²) >= 11 is 1.68. The molecule has 4 atom stereocenters. The number of alkyl halides is 3. The number of rotatable bonds is 16. The molecule has 1 saturated heterocycles. The van der Waals surface area contributed by atoms with E-state index in [9.17, 15) is 37.1 Å². The van der Waals surface area contributed by atoms with Crippen LogP contribution in [0.1, 0.15) is 160 Å². The van der Waals surface area contributed by atoms with Crippen molar-refractivity contribution >= 4 is 41.5 Å². The maximum Gasteiger partial charge on any atom is 0.389 e. The molecule has 4 unspecified atom stereocenters. The van der Waals surface area contributed by atoms with Crippen molar-refractivity contribution in [1.82, 2.24) is 30.5 Å². The molecule has 3 aliphatic rings. The van der Waals surface area contributed by atoms with Crippen molar-refractivity contribution in [3.63, 3.8) is 0 Å². The molecule has 0 bridgehead atoms. The summed E-state index contributed by atoms with van der Waals surface area (Å²) in [4.78, 5) is 68.7. The van der Waals surface area contributed by atoms with Crippen LogP contribution in [0.2, 0.25) is 0 Å². The quantitative estimate of drug-likeness (QED) is 0.0957. The second kappa shape index (κ2) is 32.3. The molecule has 1 saturated carbocycles. The molecule has 11 nitrogen and oxygen atoms in total. The molecular weight excluding hydrogens is 818 g/mol. The molecule has 5 amide bonds. The zero-order valence-electron chi connectivity index (χ0n) is 40.9. The van der Waals surface area contributed by atoms with E-state index in [2.05, 4.69) is 53.3 Å². The highest BCUT2D eigenvalue weighted by Gasteiger charge is 2.44. The van der Waals surface area contributed by atoms with Gasteiger partial charge in [-0.25, -0.2) is 9.10 Å². The van der Waals surface area contributed by atoms with E-state index in [4.69, 9.17) is 0 Å². The number of amides is 5. The third kappa shape index (κ3) is 21.8. The van der Waals surface area contributed by atoms with E-state index in [1.165, 1.54) is 11.3 Å². The van der Waals surface area contributed by atoms with Crippen LogP contribution in [-0.2, 0) is 32.0 Å². The molecule has 360 valence electrons. The maximum atomic E-state index is 14.5. The molecule has 2 fully saturated rings. The molecule has 1 aromatic rings. The number of nitrogens with zero attached hydrogens (tertiary/aromatic N) is 2. The van der Waals surface area contributed by atoms with Crippen molar-refractivity contribution in [2.24, 2.45) is 11.3 Å². The van der Waals surface area contributed by atoms with Crippen LogP contribution in [0.25, 0.3) is 0 Å². The smallest absolute Gasteiger partial charge is 0.347 e. The van der Waals surface area contributed by atoms with Crippen molar-refractivity contribution in [3.8, 4) is 0 Å². The second-order valence-electron chi connectivity index (χ2n) is 15.6. The zero-order chi connectivity index (χ0) is 48.2. The SMILES string of the molecule is CC.CC.CC.CC.CCC.CCSN(CC)CC(NC(=O)NC(C(=O)N1CCCC1C(=O)NC(CCC(F)(F)F)C(=O)C(=O)NC1CC1)C1Cc2ccccc2C1)C(C)(C)C. The molecule has 0 spiro atoms. The average Bonchev–Trinajstić information content (AvgIpc) is 3.73. The van der Waals surface area contributed by atoms with Gasteiger partial charge in [0.2, 0.25) is 17.6 Å². The Balaban J connectivity index is 0. The molecule has 1 aromatic carbocycles. The molecule has 0 radical (unpaired) electrons. The van der Waals surface area contributed by atoms with Gasteiger partial charge in [0.1, 0.15) is 12.1 Å². The van der Waals surface area contributed by atoms with Gasteiger partial charge in [-0.15, -0.1) is 0 Å². The van der Waals surface area contributed by atoms with E-state index < -0.39 is 66.7 Å². The molecule has 4 N–H and O–H groups in total. The van der Waals surface area contributed by atoms with Crippen LogP contribution in [0.15, 0.2) is 24.3 Å². The average molecular weight is 903 g/mol. The van der Waals surface area contributed by atoms with Gasteiger partial charge in [-0.2, -0.15) is 13.2 Å². The first-order valence-corrected chi connectivity index (χ1v) is 24.4. The van der Waals surface area contributed by atoms with Gasteiger partial charge in [0.05, 0.1) is 6.04 Å². The van der Waals surface area contributed by atoms with Crippen LogP contribution in [0.5, 0.6) is 0 Å². The highest BCUT2D eigenvalue weighted by atomic mass is 32.2. The number of halogens is 3. The lowest BCUT2D eigenvalue weighted by Gasteiger charge is -2.36. The van der Waals surface area contributed by atoms with Gasteiger partial charge in [0.15, 0.2) is 0 Å². The number of Topliss-reactive ketones (excluding diaryl/α,β-unsaturated/α-hetero) is 1. The predicted molar refractivity (Wildman–Crippen MR) is 251 cm³/mol. The number of carbonyl (C=O) groups excluding carboxylic acids is 5. The number of likely N-dealkylation sites (N-methyl/N-ethyl adjacent to an activating group) is 1. The molecule has 62 heavy (non-hydrogen) atoms. The lowest BCUT2D eigenvalue weighted by molar-refractivity contribution is -0.147. The first-order valence-electron chi connectivity index (χ1n) is 23.5. The van der Waals surface area contributed by atoms with Crippen LogP contribution in [0.4, 0.5) is 18.0 Å². The summed E-state index contributed by atoms with van der Waals surface area (Å²) in [6.07, 6.45) is -2.50. The Morgan fingerprint density at radius 1 is 0.823 bits per heavy atom. The van der Waals surface area contributed by atoms with Crippen LogP contribution in [0, 0.1) is 11.3 Å². The number of ketones is 1. The number of hydrogen-bond donors (Lipinski definition) is 4. The third-order valence-electron chi connectivity index (χ3n) is 9.83.